The van der Waals surface area contributed by atoms with Gasteiger partial charge in [-0.1, -0.05) is 6.58 Å². The summed E-state index contributed by atoms with van der Waals surface area (Å²) in [6.45, 7) is 10.5. The molecular weight excluding hydrogens is 174 g/mol. The van der Waals surface area contributed by atoms with E-state index in [9.17, 15) is 5.11 Å². The Morgan fingerprint density at radius 1 is 1.36 bits per heavy atom. The van der Waals surface area contributed by atoms with Crippen molar-refractivity contribution in [2.24, 2.45) is 0 Å². The summed E-state index contributed by atoms with van der Waals surface area (Å²) in [6, 6.07) is 3.56. The Hall–Kier alpha value is -1.44. The summed E-state index contributed by atoms with van der Waals surface area (Å²) in [5.41, 5.74) is 4.40. The second-order valence-electron chi connectivity index (χ2n) is 3.69. The first-order valence-electron chi connectivity index (χ1n) is 4.69. The highest BCUT2D eigenvalue weighted by Crippen LogP contribution is 2.20. The Bertz CT molecular complexity index is 332. The van der Waals surface area contributed by atoms with Gasteiger partial charge in [0.25, 0.3) is 0 Å². The fraction of sp³-hybridized carbons (Fsp3) is 0.333. The molecular formula is C12H17NO. The zero-order valence-electron chi connectivity index (χ0n) is 9.02. The quantitative estimate of drug-likeness (QED) is 0.769. The van der Waals surface area contributed by atoms with Crippen molar-refractivity contribution < 1.29 is 5.11 Å². The molecule has 0 aliphatic rings. The van der Waals surface area contributed by atoms with Crippen LogP contribution in [0, 0.1) is 13.8 Å². The number of phenols is 1. The van der Waals surface area contributed by atoms with Crippen LogP contribution in [0.3, 0.4) is 0 Å². The largest absolute Gasteiger partial charge is 0.508 e. The lowest BCUT2D eigenvalue weighted by Crippen LogP contribution is -2.11. The second-order valence-corrected chi connectivity index (χ2v) is 3.69. The van der Waals surface area contributed by atoms with Gasteiger partial charge in [0.1, 0.15) is 5.75 Å². The molecule has 76 valence electrons. The van der Waals surface area contributed by atoms with Crippen molar-refractivity contribution in [1.29, 1.82) is 0 Å². The third-order valence-electron chi connectivity index (χ3n) is 2.25. The molecule has 0 amide bonds. The highest BCUT2D eigenvalue weighted by molar-refractivity contribution is 5.40. The average molecular weight is 191 g/mol. The minimum atomic E-state index is 0.332. The summed E-state index contributed by atoms with van der Waals surface area (Å²) in [4.78, 5) is 0. The van der Waals surface area contributed by atoms with Gasteiger partial charge in [-0.25, -0.2) is 0 Å². The first-order chi connectivity index (χ1) is 6.50. The molecule has 0 aliphatic heterocycles. The molecule has 2 N–H and O–H groups in total. The number of aromatic hydroxyl groups is 1. The van der Waals surface area contributed by atoms with Crippen LogP contribution in [0.1, 0.15) is 23.6 Å². The topological polar surface area (TPSA) is 32.3 Å². The first kappa shape index (κ1) is 10.6. The van der Waals surface area contributed by atoms with Gasteiger partial charge in [0.2, 0.25) is 0 Å². The SMILES string of the molecule is C=C(C)NCc1c(C)cc(O)cc1C. The molecule has 1 aromatic carbocycles. The summed E-state index contributed by atoms with van der Waals surface area (Å²) >= 11 is 0. The highest BCUT2D eigenvalue weighted by atomic mass is 16.3. The Balaban J connectivity index is 2.91. The molecule has 0 saturated carbocycles. The van der Waals surface area contributed by atoms with E-state index in [1.54, 1.807) is 12.1 Å². The third kappa shape index (κ3) is 2.52. The molecule has 0 radical (unpaired) electrons. The van der Waals surface area contributed by atoms with Crippen molar-refractivity contribution >= 4 is 0 Å². The van der Waals surface area contributed by atoms with Crippen LogP contribution in [0.5, 0.6) is 5.75 Å². The number of nitrogens with one attached hydrogen (secondary N) is 1. The smallest absolute Gasteiger partial charge is 0.116 e. The Labute approximate surface area is 85.3 Å². The second kappa shape index (κ2) is 4.18. The molecule has 14 heavy (non-hydrogen) atoms. The zero-order valence-corrected chi connectivity index (χ0v) is 9.02. The van der Waals surface area contributed by atoms with Crippen LogP contribution < -0.4 is 5.32 Å². The van der Waals surface area contributed by atoms with Crippen molar-refractivity contribution in [3.05, 3.63) is 41.1 Å². The number of hydrogen-bond acceptors (Lipinski definition) is 2. The van der Waals surface area contributed by atoms with E-state index in [4.69, 9.17) is 0 Å². The lowest BCUT2D eigenvalue weighted by molar-refractivity contribution is 0.474. The minimum absolute atomic E-state index is 0.332. The van der Waals surface area contributed by atoms with E-state index in [2.05, 4.69) is 11.9 Å². The van der Waals surface area contributed by atoms with E-state index in [0.717, 1.165) is 23.4 Å². The molecule has 0 aliphatic carbocycles. The minimum Gasteiger partial charge on any atom is -0.508 e. The number of benzene rings is 1. The molecule has 1 aromatic rings. The van der Waals surface area contributed by atoms with Crippen molar-refractivity contribution in [2.45, 2.75) is 27.3 Å². The van der Waals surface area contributed by atoms with Gasteiger partial charge in [0, 0.05) is 12.2 Å². The Kier molecular flexibility index (Phi) is 3.18. The Morgan fingerprint density at radius 3 is 2.29 bits per heavy atom. The normalized spacial score (nSPS) is 9.93. The zero-order chi connectivity index (χ0) is 10.7. The number of hydrogen-bond donors (Lipinski definition) is 2. The number of aryl methyl sites for hydroxylation is 2. The van der Waals surface area contributed by atoms with Crippen LogP contribution in [0.2, 0.25) is 0 Å². The van der Waals surface area contributed by atoms with Gasteiger partial charge in [0.15, 0.2) is 0 Å². The van der Waals surface area contributed by atoms with E-state index in [1.165, 1.54) is 5.56 Å². The van der Waals surface area contributed by atoms with E-state index >= 15 is 0 Å². The van der Waals surface area contributed by atoms with E-state index < -0.39 is 0 Å². The van der Waals surface area contributed by atoms with Crippen molar-refractivity contribution in [3.8, 4) is 5.75 Å². The molecule has 0 saturated heterocycles. The van der Waals surface area contributed by atoms with E-state index in [1.807, 2.05) is 20.8 Å². The lowest BCUT2D eigenvalue weighted by atomic mass is 10.0. The molecule has 1 rings (SSSR count). The molecule has 0 unspecified atom stereocenters. The monoisotopic (exact) mass is 191 g/mol. The van der Waals surface area contributed by atoms with E-state index in [-0.39, 0.29) is 0 Å². The maximum Gasteiger partial charge on any atom is 0.116 e. The maximum absolute atomic E-state index is 9.36. The number of allylic oxidation sites excluding steroid dienone is 1. The fourth-order valence-corrected chi connectivity index (χ4v) is 1.49. The van der Waals surface area contributed by atoms with Gasteiger partial charge in [-0.05, 0) is 49.6 Å². The van der Waals surface area contributed by atoms with Crippen LogP contribution in [0.4, 0.5) is 0 Å². The van der Waals surface area contributed by atoms with Crippen LogP contribution in [-0.2, 0) is 6.54 Å². The molecule has 2 heteroatoms. The van der Waals surface area contributed by atoms with Crippen LogP contribution in [0.25, 0.3) is 0 Å². The van der Waals surface area contributed by atoms with Crippen LogP contribution in [0.15, 0.2) is 24.4 Å². The predicted octanol–water partition coefficient (Wildman–Crippen LogP) is 2.63. The summed E-state index contributed by atoms with van der Waals surface area (Å²) in [5, 5.41) is 12.5. The molecule has 0 aromatic heterocycles. The lowest BCUT2D eigenvalue weighted by Gasteiger charge is -2.12. The van der Waals surface area contributed by atoms with Crippen LogP contribution >= 0.6 is 0 Å². The summed E-state index contributed by atoms with van der Waals surface area (Å²) < 4.78 is 0. The fourth-order valence-electron chi connectivity index (χ4n) is 1.49. The van der Waals surface area contributed by atoms with Crippen molar-refractivity contribution in [3.63, 3.8) is 0 Å². The van der Waals surface area contributed by atoms with Crippen molar-refractivity contribution in [1.82, 2.24) is 5.32 Å². The van der Waals surface area contributed by atoms with Crippen molar-refractivity contribution in [2.75, 3.05) is 0 Å². The molecule has 0 heterocycles. The third-order valence-corrected chi connectivity index (χ3v) is 2.25. The summed E-state index contributed by atoms with van der Waals surface area (Å²) in [5.74, 6) is 0.332. The van der Waals surface area contributed by atoms with Gasteiger partial charge < -0.3 is 10.4 Å². The molecule has 2 nitrogen and oxygen atoms in total. The van der Waals surface area contributed by atoms with Gasteiger partial charge in [-0.3, -0.25) is 0 Å². The predicted molar refractivity (Wildman–Crippen MR) is 59.2 cm³/mol. The number of phenolic OH excluding ortho intramolecular Hbond substituents is 1. The highest BCUT2D eigenvalue weighted by Gasteiger charge is 2.03. The summed E-state index contributed by atoms with van der Waals surface area (Å²) in [7, 11) is 0. The Morgan fingerprint density at radius 2 is 1.86 bits per heavy atom. The number of rotatable bonds is 3. The maximum atomic E-state index is 9.36. The van der Waals surface area contributed by atoms with Gasteiger partial charge >= 0.3 is 0 Å². The van der Waals surface area contributed by atoms with Crippen LogP contribution in [-0.4, -0.2) is 5.11 Å². The molecule has 0 atom stereocenters. The van der Waals surface area contributed by atoms with Gasteiger partial charge in [0.05, 0.1) is 0 Å². The standard InChI is InChI=1S/C12H17NO/c1-8(2)13-7-12-9(3)5-11(14)6-10(12)4/h5-6,13-14H,1,7H2,2-4H3. The average Bonchev–Trinajstić information content (AvgIpc) is 2.01. The van der Waals surface area contributed by atoms with Gasteiger partial charge in [-0.15, -0.1) is 0 Å². The first-order valence-corrected chi connectivity index (χ1v) is 4.69. The molecule has 0 bridgehead atoms. The van der Waals surface area contributed by atoms with Gasteiger partial charge in [-0.2, -0.15) is 0 Å². The van der Waals surface area contributed by atoms with E-state index in [0.29, 0.717) is 5.75 Å². The molecule has 0 spiro atoms. The molecule has 0 fully saturated rings. The summed E-state index contributed by atoms with van der Waals surface area (Å²) in [6.07, 6.45) is 0.